The first-order valence-electron chi connectivity index (χ1n) is 5.59. The Balaban J connectivity index is 4.97. The molecule has 0 atom stereocenters. The van der Waals surface area contributed by atoms with Gasteiger partial charge < -0.3 is 13.3 Å². The molecule has 0 heterocycles. The van der Waals surface area contributed by atoms with E-state index in [4.69, 9.17) is 8.23 Å². The minimum Gasteiger partial charge on any atom is -0.434 e. The van der Waals surface area contributed by atoms with E-state index in [9.17, 15) is 5.11 Å². The topological polar surface area (TPSA) is 38.7 Å². The standard InChI is InChI=1S/C10H26O3Si3/c1-10(9-11)16(8,12-14(2,3)4)13-15(5,6)7/h11H,1,9H2,2-8H3. The minimum atomic E-state index is -2.44. The Morgan fingerprint density at radius 1 is 0.938 bits per heavy atom. The van der Waals surface area contributed by atoms with Crippen molar-refractivity contribution in [1.82, 2.24) is 0 Å². The van der Waals surface area contributed by atoms with Crippen molar-refractivity contribution in [3.63, 3.8) is 0 Å². The number of aliphatic hydroxyl groups excluding tert-OH is 1. The first-order valence-corrected chi connectivity index (χ1v) is 14.7. The molecule has 3 nitrogen and oxygen atoms in total. The van der Waals surface area contributed by atoms with Crippen molar-refractivity contribution in [2.45, 2.75) is 45.8 Å². The van der Waals surface area contributed by atoms with E-state index >= 15 is 0 Å². The summed E-state index contributed by atoms with van der Waals surface area (Å²) in [7, 11) is -5.81. The normalized spacial score (nSPS) is 14.0. The van der Waals surface area contributed by atoms with Gasteiger partial charge in [0.05, 0.1) is 6.61 Å². The van der Waals surface area contributed by atoms with Crippen molar-refractivity contribution in [2.75, 3.05) is 6.61 Å². The molecule has 0 amide bonds. The molecule has 1 N–H and O–H groups in total. The first kappa shape index (κ1) is 16.3. The minimum absolute atomic E-state index is 0.0440. The molecule has 0 bridgehead atoms. The molecule has 0 aromatic heterocycles. The van der Waals surface area contributed by atoms with Gasteiger partial charge in [0.15, 0.2) is 16.6 Å². The number of rotatable bonds is 6. The van der Waals surface area contributed by atoms with Crippen LogP contribution in [0.15, 0.2) is 11.8 Å². The van der Waals surface area contributed by atoms with E-state index in [-0.39, 0.29) is 6.61 Å². The van der Waals surface area contributed by atoms with Crippen LogP contribution in [0.5, 0.6) is 0 Å². The second kappa shape index (κ2) is 5.28. The van der Waals surface area contributed by atoms with Gasteiger partial charge in [-0.05, 0) is 51.0 Å². The van der Waals surface area contributed by atoms with Gasteiger partial charge in [0, 0.05) is 0 Å². The zero-order valence-electron chi connectivity index (χ0n) is 11.7. The molecule has 0 aromatic rings. The zero-order chi connectivity index (χ0) is 13.2. The summed E-state index contributed by atoms with van der Waals surface area (Å²) in [6.07, 6.45) is 0. The molecule has 0 unspecified atom stereocenters. The van der Waals surface area contributed by atoms with Crippen LogP contribution in [0.3, 0.4) is 0 Å². The van der Waals surface area contributed by atoms with Crippen molar-refractivity contribution in [2.24, 2.45) is 0 Å². The van der Waals surface area contributed by atoms with Crippen LogP contribution in [0, 0.1) is 0 Å². The Kier molecular flexibility index (Phi) is 5.37. The van der Waals surface area contributed by atoms with E-state index in [0.29, 0.717) is 0 Å². The predicted molar refractivity (Wildman–Crippen MR) is 76.7 cm³/mol. The van der Waals surface area contributed by atoms with Gasteiger partial charge >= 0.3 is 8.56 Å². The molecular weight excluding hydrogens is 252 g/mol. The van der Waals surface area contributed by atoms with Crippen LogP contribution >= 0.6 is 0 Å². The highest BCUT2D eigenvalue weighted by molar-refractivity contribution is 6.90. The van der Waals surface area contributed by atoms with Crippen LogP contribution in [0.4, 0.5) is 0 Å². The Bertz CT molecular complexity index is 237. The van der Waals surface area contributed by atoms with Crippen LogP contribution in [-0.2, 0) is 8.23 Å². The zero-order valence-corrected chi connectivity index (χ0v) is 14.7. The fraction of sp³-hybridized carbons (Fsp3) is 0.800. The second-order valence-corrected chi connectivity index (χ2v) is 18.8. The van der Waals surface area contributed by atoms with Crippen molar-refractivity contribution in [3.8, 4) is 0 Å². The fourth-order valence-electron chi connectivity index (χ4n) is 1.48. The highest BCUT2D eigenvalue weighted by Gasteiger charge is 2.42. The van der Waals surface area contributed by atoms with Gasteiger partial charge in [-0.25, -0.2) is 0 Å². The number of aliphatic hydroxyl groups is 1. The van der Waals surface area contributed by atoms with Crippen molar-refractivity contribution >= 4 is 25.2 Å². The third-order valence-corrected chi connectivity index (χ3v) is 11.3. The van der Waals surface area contributed by atoms with Crippen LogP contribution < -0.4 is 0 Å². The highest BCUT2D eigenvalue weighted by Crippen LogP contribution is 2.25. The van der Waals surface area contributed by atoms with Gasteiger partial charge in [-0.2, -0.15) is 0 Å². The van der Waals surface area contributed by atoms with Gasteiger partial charge in [-0.3, -0.25) is 0 Å². The van der Waals surface area contributed by atoms with Gasteiger partial charge in [-0.1, -0.05) is 6.58 Å². The van der Waals surface area contributed by atoms with Crippen LogP contribution in [0.2, 0.25) is 45.8 Å². The SMILES string of the molecule is C=C(CO)[Si](C)(O[Si](C)(C)C)O[Si](C)(C)C. The highest BCUT2D eigenvalue weighted by atomic mass is 28.5. The van der Waals surface area contributed by atoms with E-state index in [1.165, 1.54) is 0 Å². The molecule has 0 aliphatic heterocycles. The molecule has 0 saturated carbocycles. The average Bonchev–Trinajstić information content (AvgIpc) is 1.95. The van der Waals surface area contributed by atoms with Gasteiger partial charge in [0.1, 0.15) is 0 Å². The van der Waals surface area contributed by atoms with E-state index < -0.39 is 25.2 Å². The summed E-state index contributed by atoms with van der Waals surface area (Å²) in [5.41, 5.74) is 0. The van der Waals surface area contributed by atoms with Gasteiger partial charge in [-0.15, -0.1) is 0 Å². The van der Waals surface area contributed by atoms with E-state index in [2.05, 4.69) is 45.9 Å². The summed E-state index contributed by atoms with van der Waals surface area (Å²) in [5, 5.41) is 10.0. The molecule has 0 aromatic carbocycles. The molecule has 0 saturated heterocycles. The first-order chi connectivity index (χ1) is 6.90. The lowest BCUT2D eigenvalue weighted by atomic mass is 10.7. The van der Waals surface area contributed by atoms with Crippen LogP contribution in [0.1, 0.15) is 0 Å². The van der Waals surface area contributed by atoms with E-state index in [1.54, 1.807) is 0 Å². The molecule has 0 aliphatic rings. The Hall–Kier alpha value is 0.271. The number of hydrogen-bond donors (Lipinski definition) is 1. The second-order valence-electron chi connectivity index (χ2n) is 6.14. The summed E-state index contributed by atoms with van der Waals surface area (Å²) >= 11 is 0. The van der Waals surface area contributed by atoms with Gasteiger partial charge in [0.25, 0.3) is 0 Å². The lowest BCUT2D eigenvalue weighted by molar-refractivity contribution is 0.320. The average molecular weight is 279 g/mol. The van der Waals surface area contributed by atoms with E-state index in [1.807, 2.05) is 6.55 Å². The third kappa shape index (κ3) is 6.12. The van der Waals surface area contributed by atoms with Crippen molar-refractivity contribution in [3.05, 3.63) is 11.8 Å². The smallest absolute Gasteiger partial charge is 0.346 e. The quantitative estimate of drug-likeness (QED) is 0.759. The van der Waals surface area contributed by atoms with Gasteiger partial charge in [0.2, 0.25) is 0 Å². The van der Waals surface area contributed by atoms with Crippen molar-refractivity contribution in [1.29, 1.82) is 0 Å². The molecule has 0 aliphatic carbocycles. The lowest BCUT2D eigenvalue weighted by Crippen LogP contribution is -2.54. The summed E-state index contributed by atoms with van der Waals surface area (Å²) in [4.78, 5) is 0. The molecule has 0 rings (SSSR count). The fourth-order valence-corrected chi connectivity index (χ4v) is 12.8. The number of hydrogen-bond acceptors (Lipinski definition) is 3. The Morgan fingerprint density at radius 2 is 1.25 bits per heavy atom. The Morgan fingerprint density at radius 3 is 1.44 bits per heavy atom. The summed E-state index contributed by atoms with van der Waals surface area (Å²) in [5.74, 6) is 0. The molecule has 6 heteroatoms. The van der Waals surface area contributed by atoms with Crippen LogP contribution in [0.25, 0.3) is 0 Å². The molecule has 0 fully saturated rings. The lowest BCUT2D eigenvalue weighted by Gasteiger charge is -2.39. The molecule has 0 radical (unpaired) electrons. The molecular formula is C10H26O3Si3. The van der Waals surface area contributed by atoms with E-state index in [0.717, 1.165) is 5.20 Å². The van der Waals surface area contributed by atoms with Crippen molar-refractivity contribution < 1.29 is 13.3 Å². The summed E-state index contributed by atoms with van der Waals surface area (Å²) in [6.45, 7) is 18.7. The third-order valence-electron chi connectivity index (χ3n) is 1.83. The maximum atomic E-state index is 9.27. The predicted octanol–water partition coefficient (Wildman–Crippen LogP) is 2.85. The largest absolute Gasteiger partial charge is 0.434 e. The summed E-state index contributed by atoms with van der Waals surface area (Å²) in [6, 6.07) is 0. The molecule has 96 valence electrons. The summed E-state index contributed by atoms with van der Waals surface area (Å²) < 4.78 is 12.4. The maximum absolute atomic E-state index is 9.27. The monoisotopic (exact) mass is 278 g/mol. The Labute approximate surface area is 103 Å². The maximum Gasteiger partial charge on any atom is 0.346 e. The molecule has 16 heavy (non-hydrogen) atoms. The molecule has 0 spiro atoms. The van der Waals surface area contributed by atoms with Crippen LogP contribution in [-0.4, -0.2) is 36.9 Å².